The molecule has 17 heavy (non-hydrogen) atoms. The summed E-state index contributed by atoms with van der Waals surface area (Å²) in [6.07, 6.45) is 7.83. The highest BCUT2D eigenvalue weighted by molar-refractivity contribution is 5.51. The number of aromatic nitrogens is 4. The van der Waals surface area contributed by atoms with Gasteiger partial charge in [-0.3, -0.25) is 20.0 Å². The molecule has 1 aliphatic rings. The fourth-order valence-corrected chi connectivity index (χ4v) is 2.33. The number of nitrogens with one attached hydrogen (secondary N) is 1. The van der Waals surface area contributed by atoms with E-state index in [-0.39, 0.29) is 0 Å². The van der Waals surface area contributed by atoms with E-state index < -0.39 is 0 Å². The van der Waals surface area contributed by atoms with Crippen molar-refractivity contribution in [2.45, 2.75) is 18.9 Å². The summed E-state index contributed by atoms with van der Waals surface area (Å²) in [5.74, 6) is 0. The van der Waals surface area contributed by atoms with Gasteiger partial charge in [-0.15, -0.1) is 0 Å². The molecule has 5 nitrogen and oxygen atoms in total. The Morgan fingerprint density at radius 2 is 2.29 bits per heavy atom. The number of rotatable bonds is 2. The van der Waals surface area contributed by atoms with Gasteiger partial charge < -0.3 is 0 Å². The molecule has 5 heteroatoms. The Kier molecular flexibility index (Phi) is 2.60. The summed E-state index contributed by atoms with van der Waals surface area (Å²) in [6, 6.07) is 2.32. The Labute approximate surface area is 99.9 Å². The molecule has 0 amide bonds. The highest BCUT2D eigenvalue weighted by Crippen LogP contribution is 2.28. The monoisotopic (exact) mass is 229 g/mol. The molecule has 0 unspecified atom stereocenters. The van der Waals surface area contributed by atoms with Gasteiger partial charge in [0.1, 0.15) is 5.69 Å². The summed E-state index contributed by atoms with van der Waals surface area (Å²) in [5.41, 5.74) is 2.81. The first kappa shape index (κ1) is 10.4. The minimum Gasteiger partial charge on any atom is -0.298 e. The summed E-state index contributed by atoms with van der Waals surface area (Å²) in [7, 11) is 2.14. The lowest BCUT2D eigenvalue weighted by atomic mass is 10.1. The number of likely N-dealkylation sites (tertiary alicyclic amines) is 1. The zero-order valence-electron chi connectivity index (χ0n) is 9.80. The highest BCUT2D eigenvalue weighted by atomic mass is 15.2. The molecule has 0 saturated carbocycles. The molecule has 0 spiro atoms. The largest absolute Gasteiger partial charge is 0.298 e. The SMILES string of the molecule is CN1CCC[C@H]1c1cnc(-c2ccn[nH]2)cn1. The molecule has 88 valence electrons. The van der Waals surface area contributed by atoms with Crippen molar-refractivity contribution in [3.63, 3.8) is 0 Å². The van der Waals surface area contributed by atoms with E-state index in [1.807, 2.05) is 18.5 Å². The molecule has 0 aromatic carbocycles. The first-order chi connectivity index (χ1) is 8.34. The van der Waals surface area contributed by atoms with Crippen LogP contribution in [0.1, 0.15) is 24.6 Å². The van der Waals surface area contributed by atoms with Crippen LogP contribution in [-0.4, -0.2) is 38.7 Å². The van der Waals surface area contributed by atoms with Crippen LogP contribution in [0.4, 0.5) is 0 Å². The predicted molar refractivity (Wildman–Crippen MR) is 64.2 cm³/mol. The molecule has 0 aliphatic carbocycles. The van der Waals surface area contributed by atoms with E-state index in [4.69, 9.17) is 0 Å². The van der Waals surface area contributed by atoms with Crippen molar-refractivity contribution in [2.75, 3.05) is 13.6 Å². The summed E-state index contributed by atoms with van der Waals surface area (Å²) in [6.45, 7) is 1.15. The van der Waals surface area contributed by atoms with Crippen molar-refractivity contribution in [3.8, 4) is 11.4 Å². The number of aromatic amines is 1. The third kappa shape index (κ3) is 1.93. The lowest BCUT2D eigenvalue weighted by Crippen LogP contribution is -2.18. The topological polar surface area (TPSA) is 57.7 Å². The van der Waals surface area contributed by atoms with E-state index in [9.17, 15) is 0 Å². The van der Waals surface area contributed by atoms with Crippen LogP contribution in [0.25, 0.3) is 11.4 Å². The van der Waals surface area contributed by atoms with Gasteiger partial charge in [-0.25, -0.2) is 0 Å². The number of H-pyrrole nitrogens is 1. The zero-order valence-corrected chi connectivity index (χ0v) is 9.80. The van der Waals surface area contributed by atoms with E-state index in [2.05, 4.69) is 32.1 Å². The normalized spacial score (nSPS) is 20.9. The molecule has 0 radical (unpaired) electrons. The fraction of sp³-hybridized carbons (Fsp3) is 0.417. The molecular formula is C12H15N5. The van der Waals surface area contributed by atoms with Crippen LogP contribution in [0.3, 0.4) is 0 Å². The van der Waals surface area contributed by atoms with Gasteiger partial charge in [0.2, 0.25) is 0 Å². The van der Waals surface area contributed by atoms with Crippen LogP contribution in [0.2, 0.25) is 0 Å². The molecule has 2 aromatic rings. The van der Waals surface area contributed by atoms with Crippen molar-refractivity contribution in [1.29, 1.82) is 0 Å². The average molecular weight is 229 g/mol. The van der Waals surface area contributed by atoms with E-state index >= 15 is 0 Å². The van der Waals surface area contributed by atoms with Gasteiger partial charge >= 0.3 is 0 Å². The van der Waals surface area contributed by atoms with Gasteiger partial charge in [-0.1, -0.05) is 0 Å². The molecule has 1 saturated heterocycles. The van der Waals surface area contributed by atoms with E-state index in [1.54, 1.807) is 6.20 Å². The van der Waals surface area contributed by atoms with Crippen molar-refractivity contribution in [2.24, 2.45) is 0 Å². The second-order valence-corrected chi connectivity index (χ2v) is 4.44. The quantitative estimate of drug-likeness (QED) is 0.850. The highest BCUT2D eigenvalue weighted by Gasteiger charge is 2.23. The maximum Gasteiger partial charge on any atom is 0.106 e. The predicted octanol–water partition coefficient (Wildman–Crippen LogP) is 1.63. The molecule has 2 aromatic heterocycles. The summed E-state index contributed by atoms with van der Waals surface area (Å²) in [4.78, 5) is 11.3. The molecule has 1 aliphatic heterocycles. The Morgan fingerprint density at radius 3 is 2.88 bits per heavy atom. The first-order valence-electron chi connectivity index (χ1n) is 5.86. The maximum absolute atomic E-state index is 4.52. The Hall–Kier alpha value is -1.75. The second-order valence-electron chi connectivity index (χ2n) is 4.44. The summed E-state index contributed by atoms with van der Waals surface area (Å²) < 4.78 is 0. The molecule has 0 bridgehead atoms. The maximum atomic E-state index is 4.52. The minimum atomic E-state index is 0.429. The molecule has 1 N–H and O–H groups in total. The molecule has 1 atom stereocenters. The van der Waals surface area contributed by atoms with Gasteiger partial charge in [0, 0.05) is 6.20 Å². The van der Waals surface area contributed by atoms with E-state index in [0.717, 1.165) is 23.6 Å². The zero-order chi connectivity index (χ0) is 11.7. The van der Waals surface area contributed by atoms with E-state index in [1.165, 1.54) is 12.8 Å². The van der Waals surface area contributed by atoms with Crippen LogP contribution in [0.15, 0.2) is 24.7 Å². The lowest BCUT2D eigenvalue weighted by molar-refractivity contribution is 0.311. The number of nitrogens with zero attached hydrogens (tertiary/aromatic N) is 4. The first-order valence-corrected chi connectivity index (χ1v) is 5.86. The third-order valence-electron chi connectivity index (χ3n) is 3.31. The Morgan fingerprint density at radius 1 is 1.35 bits per heavy atom. The van der Waals surface area contributed by atoms with Gasteiger partial charge in [0.15, 0.2) is 0 Å². The van der Waals surface area contributed by atoms with Crippen molar-refractivity contribution in [3.05, 3.63) is 30.4 Å². The lowest BCUT2D eigenvalue weighted by Gasteiger charge is -2.18. The van der Waals surface area contributed by atoms with Crippen molar-refractivity contribution >= 4 is 0 Å². The van der Waals surface area contributed by atoms with E-state index in [0.29, 0.717) is 6.04 Å². The minimum absolute atomic E-state index is 0.429. The number of hydrogen-bond acceptors (Lipinski definition) is 4. The molecule has 3 heterocycles. The van der Waals surface area contributed by atoms with Gasteiger partial charge in [-0.05, 0) is 32.5 Å². The second kappa shape index (κ2) is 4.25. The van der Waals surface area contributed by atoms with Crippen LogP contribution in [-0.2, 0) is 0 Å². The van der Waals surface area contributed by atoms with Crippen LogP contribution < -0.4 is 0 Å². The Bertz CT molecular complexity index is 476. The summed E-state index contributed by atoms with van der Waals surface area (Å²) >= 11 is 0. The summed E-state index contributed by atoms with van der Waals surface area (Å²) in [5, 5.41) is 6.80. The van der Waals surface area contributed by atoms with Crippen molar-refractivity contribution in [1.82, 2.24) is 25.1 Å². The van der Waals surface area contributed by atoms with Crippen LogP contribution >= 0.6 is 0 Å². The molecular weight excluding hydrogens is 214 g/mol. The third-order valence-corrected chi connectivity index (χ3v) is 3.31. The van der Waals surface area contributed by atoms with Gasteiger partial charge in [0.05, 0.1) is 29.8 Å². The van der Waals surface area contributed by atoms with Gasteiger partial charge in [0.25, 0.3) is 0 Å². The Balaban J connectivity index is 1.85. The average Bonchev–Trinajstić information content (AvgIpc) is 3.00. The number of hydrogen-bond donors (Lipinski definition) is 1. The standard InChI is InChI=1S/C12H15N5/c1-17-6-2-3-12(17)11-8-13-10(7-14-11)9-4-5-15-16-9/h4-5,7-8,12H,2-3,6H2,1H3,(H,15,16)/t12-/m0/s1. The fourth-order valence-electron chi connectivity index (χ4n) is 2.33. The van der Waals surface area contributed by atoms with Crippen LogP contribution in [0.5, 0.6) is 0 Å². The smallest absolute Gasteiger partial charge is 0.106 e. The van der Waals surface area contributed by atoms with Crippen LogP contribution in [0, 0.1) is 0 Å². The molecule has 1 fully saturated rings. The van der Waals surface area contributed by atoms with Gasteiger partial charge in [-0.2, -0.15) is 5.10 Å². The van der Waals surface area contributed by atoms with Crippen molar-refractivity contribution < 1.29 is 0 Å². The molecule has 3 rings (SSSR count).